The first kappa shape index (κ1) is 17.3. The highest BCUT2D eigenvalue weighted by Crippen LogP contribution is 2.31. The molecule has 2 amide bonds. The van der Waals surface area contributed by atoms with Crippen LogP contribution in [0.25, 0.3) is 0 Å². The number of carbonyl (C=O) groups is 2. The number of anilines is 1. The molecule has 0 aliphatic carbocycles. The van der Waals surface area contributed by atoms with E-state index in [1.54, 1.807) is 11.8 Å². The molecule has 1 saturated heterocycles. The van der Waals surface area contributed by atoms with Gasteiger partial charge in [0.25, 0.3) is 0 Å². The molecule has 2 N–H and O–H groups in total. The Bertz CT molecular complexity index is 616. The Kier molecular flexibility index (Phi) is 4.68. The number of rotatable bonds is 3. The van der Waals surface area contributed by atoms with Crippen LogP contribution in [0.3, 0.4) is 0 Å². The Morgan fingerprint density at radius 3 is 2.26 bits per heavy atom. The highest BCUT2D eigenvalue weighted by Gasteiger charge is 2.42. The summed E-state index contributed by atoms with van der Waals surface area (Å²) < 4.78 is 0. The van der Waals surface area contributed by atoms with Crippen molar-refractivity contribution in [2.75, 3.05) is 18.4 Å². The molecule has 5 heteroatoms. The first-order valence-electron chi connectivity index (χ1n) is 8.04. The van der Waals surface area contributed by atoms with Crippen molar-refractivity contribution in [3.63, 3.8) is 0 Å². The van der Waals surface area contributed by atoms with Gasteiger partial charge in [0.2, 0.25) is 0 Å². The molecule has 5 nitrogen and oxygen atoms in total. The molecule has 0 saturated carbocycles. The standard InChI is InChI=1S/C18H26N2O3/c1-11(2)14-8-12(3)15(13(4)9-14)19-17(23)20-7-6-18(5,10-20)16(21)22/h8-9,11H,6-7,10H2,1-5H3,(H,19,23)(H,21,22). The third kappa shape index (κ3) is 3.49. The van der Waals surface area contributed by atoms with Gasteiger partial charge in [-0.3, -0.25) is 4.79 Å². The number of urea groups is 1. The van der Waals surface area contributed by atoms with E-state index < -0.39 is 11.4 Å². The van der Waals surface area contributed by atoms with Crippen LogP contribution in [-0.2, 0) is 4.79 Å². The van der Waals surface area contributed by atoms with Gasteiger partial charge in [0.05, 0.1) is 5.41 Å². The molecule has 126 valence electrons. The molecule has 1 fully saturated rings. The van der Waals surface area contributed by atoms with E-state index in [0.717, 1.165) is 16.8 Å². The lowest BCUT2D eigenvalue weighted by molar-refractivity contribution is -0.146. The van der Waals surface area contributed by atoms with E-state index >= 15 is 0 Å². The molecule has 1 aliphatic heterocycles. The Morgan fingerprint density at radius 2 is 1.83 bits per heavy atom. The van der Waals surface area contributed by atoms with E-state index in [1.165, 1.54) is 5.56 Å². The van der Waals surface area contributed by atoms with Crippen molar-refractivity contribution in [2.24, 2.45) is 5.41 Å². The number of nitrogens with one attached hydrogen (secondary N) is 1. The van der Waals surface area contributed by atoms with Gasteiger partial charge in [0.1, 0.15) is 0 Å². The van der Waals surface area contributed by atoms with Gasteiger partial charge in [-0.15, -0.1) is 0 Å². The van der Waals surface area contributed by atoms with Crippen LogP contribution < -0.4 is 5.32 Å². The first-order chi connectivity index (χ1) is 10.6. The van der Waals surface area contributed by atoms with E-state index in [9.17, 15) is 14.7 Å². The van der Waals surface area contributed by atoms with Crippen molar-refractivity contribution in [3.05, 3.63) is 28.8 Å². The van der Waals surface area contributed by atoms with Crippen LogP contribution in [0.2, 0.25) is 0 Å². The minimum atomic E-state index is -0.846. The van der Waals surface area contributed by atoms with Crippen molar-refractivity contribution >= 4 is 17.7 Å². The van der Waals surface area contributed by atoms with Gasteiger partial charge in [-0.1, -0.05) is 26.0 Å². The molecule has 0 spiro atoms. The molecule has 1 aliphatic rings. The number of aliphatic carboxylic acids is 1. The lowest BCUT2D eigenvalue weighted by atomic mass is 9.90. The summed E-state index contributed by atoms with van der Waals surface area (Å²) in [7, 11) is 0. The molecule has 0 bridgehead atoms. The number of nitrogens with zero attached hydrogens (tertiary/aromatic N) is 1. The van der Waals surface area contributed by atoms with Gasteiger partial charge in [-0.2, -0.15) is 0 Å². The molecule has 1 aromatic rings. The Labute approximate surface area is 137 Å². The molecule has 0 radical (unpaired) electrons. The summed E-state index contributed by atoms with van der Waals surface area (Å²) in [6, 6.07) is 3.97. The molecule has 23 heavy (non-hydrogen) atoms. The molecular weight excluding hydrogens is 292 g/mol. The zero-order valence-electron chi connectivity index (χ0n) is 14.6. The number of likely N-dealkylation sites (tertiary alicyclic amines) is 1. The molecule has 1 aromatic carbocycles. The summed E-state index contributed by atoms with van der Waals surface area (Å²) in [6.45, 7) is 10.7. The lowest BCUT2D eigenvalue weighted by Crippen LogP contribution is -2.37. The monoisotopic (exact) mass is 318 g/mol. The second-order valence-electron chi connectivity index (χ2n) is 7.15. The average Bonchev–Trinajstić information content (AvgIpc) is 2.86. The normalized spacial score (nSPS) is 20.9. The van der Waals surface area contributed by atoms with Crippen molar-refractivity contribution in [3.8, 4) is 0 Å². The van der Waals surface area contributed by atoms with Gasteiger partial charge in [-0.25, -0.2) is 4.79 Å². The van der Waals surface area contributed by atoms with Crippen LogP contribution in [-0.4, -0.2) is 35.1 Å². The predicted octanol–water partition coefficient (Wildman–Crippen LogP) is 3.76. The molecule has 1 atom stereocenters. The maximum atomic E-state index is 12.5. The number of aryl methyl sites for hydroxylation is 2. The van der Waals surface area contributed by atoms with Crippen LogP contribution in [0.15, 0.2) is 12.1 Å². The number of carboxylic acids is 1. The van der Waals surface area contributed by atoms with Crippen LogP contribution >= 0.6 is 0 Å². The third-order valence-corrected chi connectivity index (χ3v) is 4.73. The minimum Gasteiger partial charge on any atom is -0.481 e. The van der Waals surface area contributed by atoms with Gasteiger partial charge in [-0.05, 0) is 49.8 Å². The second kappa shape index (κ2) is 6.22. The summed E-state index contributed by atoms with van der Waals surface area (Å²) >= 11 is 0. The van der Waals surface area contributed by atoms with E-state index in [1.807, 2.05) is 13.8 Å². The summed E-state index contributed by atoms with van der Waals surface area (Å²) in [5.74, 6) is -0.409. The number of hydrogen-bond acceptors (Lipinski definition) is 2. The van der Waals surface area contributed by atoms with E-state index in [2.05, 4.69) is 31.3 Å². The van der Waals surface area contributed by atoms with Gasteiger partial charge in [0.15, 0.2) is 0 Å². The van der Waals surface area contributed by atoms with Crippen molar-refractivity contribution in [1.82, 2.24) is 4.90 Å². The van der Waals surface area contributed by atoms with Crippen molar-refractivity contribution in [1.29, 1.82) is 0 Å². The Morgan fingerprint density at radius 1 is 1.26 bits per heavy atom. The highest BCUT2D eigenvalue weighted by molar-refractivity contribution is 5.92. The van der Waals surface area contributed by atoms with Gasteiger partial charge in [0, 0.05) is 18.8 Å². The number of hydrogen-bond donors (Lipinski definition) is 2. The average molecular weight is 318 g/mol. The molecule has 0 aromatic heterocycles. The van der Waals surface area contributed by atoms with Gasteiger partial charge >= 0.3 is 12.0 Å². The lowest BCUT2D eigenvalue weighted by Gasteiger charge is -2.22. The fraction of sp³-hybridized carbons (Fsp3) is 0.556. The van der Waals surface area contributed by atoms with Crippen LogP contribution in [0.1, 0.15) is 49.8 Å². The summed E-state index contributed by atoms with van der Waals surface area (Å²) in [4.78, 5) is 25.4. The molecule has 2 rings (SSSR count). The van der Waals surface area contributed by atoms with Gasteiger partial charge < -0.3 is 15.3 Å². The second-order valence-corrected chi connectivity index (χ2v) is 7.15. The van der Waals surface area contributed by atoms with E-state index in [-0.39, 0.29) is 12.6 Å². The van der Waals surface area contributed by atoms with Crippen LogP contribution in [0.4, 0.5) is 10.5 Å². The van der Waals surface area contributed by atoms with Crippen LogP contribution in [0, 0.1) is 19.3 Å². The Hall–Kier alpha value is -2.04. The zero-order valence-corrected chi connectivity index (χ0v) is 14.6. The quantitative estimate of drug-likeness (QED) is 0.891. The fourth-order valence-electron chi connectivity index (χ4n) is 3.02. The number of amides is 2. The largest absolute Gasteiger partial charge is 0.481 e. The maximum absolute atomic E-state index is 12.5. The highest BCUT2D eigenvalue weighted by atomic mass is 16.4. The molecule has 1 unspecified atom stereocenters. The third-order valence-electron chi connectivity index (χ3n) is 4.73. The summed E-state index contributed by atoms with van der Waals surface area (Å²) in [6.07, 6.45) is 0.486. The smallest absolute Gasteiger partial charge is 0.321 e. The maximum Gasteiger partial charge on any atom is 0.321 e. The Balaban J connectivity index is 2.14. The molecular formula is C18H26N2O3. The topological polar surface area (TPSA) is 69.6 Å². The van der Waals surface area contributed by atoms with E-state index in [0.29, 0.717) is 18.9 Å². The SMILES string of the molecule is Cc1cc(C(C)C)cc(C)c1NC(=O)N1CCC(C)(C(=O)O)C1. The summed E-state index contributed by atoms with van der Waals surface area (Å²) in [5.41, 5.74) is 3.29. The first-order valence-corrected chi connectivity index (χ1v) is 8.04. The minimum absolute atomic E-state index is 0.224. The molecule has 1 heterocycles. The summed E-state index contributed by atoms with van der Waals surface area (Å²) in [5, 5.41) is 12.2. The predicted molar refractivity (Wildman–Crippen MR) is 91.0 cm³/mol. The van der Waals surface area contributed by atoms with E-state index in [4.69, 9.17) is 0 Å². The van der Waals surface area contributed by atoms with Crippen molar-refractivity contribution in [2.45, 2.75) is 47.0 Å². The van der Waals surface area contributed by atoms with Crippen LogP contribution in [0.5, 0.6) is 0 Å². The number of carboxylic acid groups (broad SMARTS) is 1. The number of benzene rings is 1. The zero-order chi connectivity index (χ0) is 17.4. The van der Waals surface area contributed by atoms with Crippen molar-refractivity contribution < 1.29 is 14.7 Å². The number of carbonyl (C=O) groups excluding carboxylic acids is 1. The fourth-order valence-corrected chi connectivity index (χ4v) is 3.02.